The van der Waals surface area contributed by atoms with E-state index in [0.717, 1.165) is 12.8 Å². The summed E-state index contributed by atoms with van der Waals surface area (Å²) in [6, 6.07) is 0. The van der Waals surface area contributed by atoms with Gasteiger partial charge in [-0.15, -0.1) is 0 Å². The van der Waals surface area contributed by atoms with Crippen molar-refractivity contribution in [1.29, 1.82) is 0 Å². The number of hydrogen-bond acceptors (Lipinski definition) is 2. The van der Waals surface area contributed by atoms with Crippen LogP contribution in [0.1, 0.15) is 71.1 Å². The van der Waals surface area contributed by atoms with Gasteiger partial charge in [0.1, 0.15) is 0 Å². The first-order valence-corrected chi connectivity index (χ1v) is 6.98. The van der Waals surface area contributed by atoms with Crippen LogP contribution < -0.4 is 0 Å². The molecule has 0 aromatic rings. The molecule has 0 spiro atoms. The van der Waals surface area contributed by atoms with E-state index in [-0.39, 0.29) is 12.7 Å². The molecule has 1 atom stereocenters. The van der Waals surface area contributed by atoms with E-state index in [9.17, 15) is 0 Å². The Kier molecular flexibility index (Phi) is 12.9. The zero-order valence-corrected chi connectivity index (χ0v) is 11.2. The summed E-state index contributed by atoms with van der Waals surface area (Å²) in [5.41, 5.74) is 0. The number of aliphatic hydroxyl groups is 1. The maximum Gasteiger partial charge on any atom is 0.0593 e. The molecule has 0 heterocycles. The summed E-state index contributed by atoms with van der Waals surface area (Å²) in [6.45, 7) is 2.50. The van der Waals surface area contributed by atoms with Crippen LogP contribution in [0.4, 0.5) is 0 Å². The van der Waals surface area contributed by atoms with Crippen molar-refractivity contribution in [3.63, 3.8) is 0 Å². The van der Waals surface area contributed by atoms with E-state index < -0.39 is 0 Å². The van der Waals surface area contributed by atoms with Gasteiger partial charge in [-0.3, -0.25) is 0 Å². The number of aliphatic hydroxyl groups excluding tert-OH is 1. The van der Waals surface area contributed by atoms with Crippen LogP contribution in [0.2, 0.25) is 0 Å². The number of methoxy groups -OCH3 is 1. The van der Waals surface area contributed by atoms with Crippen LogP contribution in [0.5, 0.6) is 0 Å². The van der Waals surface area contributed by atoms with E-state index in [1.165, 1.54) is 51.4 Å². The number of hydrogen-bond donors (Lipinski definition) is 1. The third kappa shape index (κ3) is 10.4. The maximum absolute atomic E-state index is 8.81. The highest BCUT2D eigenvalue weighted by molar-refractivity contribution is 4.57. The maximum atomic E-state index is 8.81. The van der Waals surface area contributed by atoms with Gasteiger partial charge in [0.25, 0.3) is 0 Å². The molecule has 0 aromatic heterocycles. The highest BCUT2D eigenvalue weighted by Gasteiger charge is 2.05. The molecule has 0 aliphatic carbocycles. The fourth-order valence-electron chi connectivity index (χ4n) is 2.03. The van der Waals surface area contributed by atoms with Crippen molar-refractivity contribution in [2.75, 3.05) is 13.7 Å². The van der Waals surface area contributed by atoms with Crippen molar-refractivity contribution in [3.8, 4) is 0 Å². The van der Waals surface area contributed by atoms with Crippen LogP contribution in [-0.2, 0) is 4.74 Å². The number of rotatable bonds is 12. The lowest BCUT2D eigenvalue weighted by Gasteiger charge is -2.13. The fourth-order valence-corrected chi connectivity index (χ4v) is 2.03. The molecule has 0 aromatic carbocycles. The summed E-state index contributed by atoms with van der Waals surface area (Å²) < 4.78 is 5.29. The lowest BCUT2D eigenvalue weighted by molar-refractivity contribution is 0.0690. The Morgan fingerprint density at radius 3 is 1.94 bits per heavy atom. The summed E-state index contributed by atoms with van der Waals surface area (Å²) in [6.07, 6.45) is 13.0. The average molecular weight is 230 g/mol. The molecule has 0 saturated carbocycles. The minimum absolute atomic E-state index is 0.246. The minimum Gasteiger partial charge on any atom is -0.396 e. The summed E-state index contributed by atoms with van der Waals surface area (Å²) in [5.74, 6) is 0. The molecular formula is C14H30O2. The third-order valence-electron chi connectivity index (χ3n) is 3.16. The zero-order valence-electron chi connectivity index (χ0n) is 11.2. The molecular weight excluding hydrogens is 200 g/mol. The summed E-state index contributed by atoms with van der Waals surface area (Å²) in [4.78, 5) is 0. The van der Waals surface area contributed by atoms with Crippen LogP contribution >= 0.6 is 0 Å². The first kappa shape index (κ1) is 15.9. The molecule has 16 heavy (non-hydrogen) atoms. The molecule has 1 unspecified atom stereocenters. The average Bonchev–Trinajstić information content (AvgIpc) is 2.31. The van der Waals surface area contributed by atoms with E-state index in [0.29, 0.717) is 0 Å². The molecule has 0 bridgehead atoms. The zero-order chi connectivity index (χ0) is 12.1. The van der Waals surface area contributed by atoms with Gasteiger partial charge in [0.05, 0.1) is 6.10 Å². The predicted molar refractivity (Wildman–Crippen MR) is 69.7 cm³/mol. The molecule has 98 valence electrons. The van der Waals surface area contributed by atoms with Gasteiger partial charge in [-0.25, -0.2) is 0 Å². The monoisotopic (exact) mass is 230 g/mol. The Hall–Kier alpha value is -0.0800. The Morgan fingerprint density at radius 2 is 1.44 bits per heavy atom. The van der Waals surface area contributed by atoms with Crippen LogP contribution in [0.15, 0.2) is 0 Å². The number of ether oxygens (including phenoxy) is 1. The van der Waals surface area contributed by atoms with Gasteiger partial charge in [0, 0.05) is 13.7 Å². The Bertz CT molecular complexity index is 126. The molecule has 0 saturated heterocycles. The molecule has 0 amide bonds. The van der Waals surface area contributed by atoms with Crippen molar-refractivity contribution >= 4 is 0 Å². The van der Waals surface area contributed by atoms with Crippen molar-refractivity contribution in [3.05, 3.63) is 0 Å². The first-order chi connectivity index (χ1) is 7.85. The van der Waals surface area contributed by atoms with E-state index in [1.54, 1.807) is 7.11 Å². The highest BCUT2D eigenvalue weighted by atomic mass is 16.5. The molecule has 0 radical (unpaired) electrons. The Labute approximate surface area is 101 Å². The van der Waals surface area contributed by atoms with E-state index in [4.69, 9.17) is 9.84 Å². The van der Waals surface area contributed by atoms with E-state index in [2.05, 4.69) is 6.92 Å². The third-order valence-corrected chi connectivity index (χ3v) is 3.16. The predicted octanol–water partition coefficient (Wildman–Crippen LogP) is 3.91. The van der Waals surface area contributed by atoms with Gasteiger partial charge in [-0.2, -0.15) is 0 Å². The molecule has 0 aliphatic heterocycles. The lowest BCUT2D eigenvalue weighted by Crippen LogP contribution is -2.12. The largest absolute Gasteiger partial charge is 0.396 e. The standard InChI is InChI=1S/C14H30O2/c1-3-4-5-6-7-8-9-10-11-14(16-2)12-13-15/h14-15H,3-13H2,1-2H3. The van der Waals surface area contributed by atoms with Gasteiger partial charge in [0.15, 0.2) is 0 Å². The molecule has 1 N–H and O–H groups in total. The van der Waals surface area contributed by atoms with Crippen LogP contribution in [0.3, 0.4) is 0 Å². The van der Waals surface area contributed by atoms with Crippen molar-refractivity contribution in [2.24, 2.45) is 0 Å². The topological polar surface area (TPSA) is 29.5 Å². The SMILES string of the molecule is CCCCCCCCCCC(CCO)OC. The molecule has 2 nitrogen and oxygen atoms in total. The summed E-state index contributed by atoms with van der Waals surface area (Å²) in [5, 5.41) is 8.81. The van der Waals surface area contributed by atoms with Crippen molar-refractivity contribution < 1.29 is 9.84 Å². The Balaban J connectivity index is 3.12. The highest BCUT2D eigenvalue weighted by Crippen LogP contribution is 2.12. The quantitative estimate of drug-likeness (QED) is 0.515. The van der Waals surface area contributed by atoms with Gasteiger partial charge in [-0.05, 0) is 12.8 Å². The molecule has 0 rings (SSSR count). The number of unbranched alkanes of at least 4 members (excludes halogenated alkanes) is 7. The first-order valence-electron chi connectivity index (χ1n) is 6.98. The van der Waals surface area contributed by atoms with Crippen LogP contribution in [-0.4, -0.2) is 24.9 Å². The van der Waals surface area contributed by atoms with Gasteiger partial charge in [-0.1, -0.05) is 58.3 Å². The van der Waals surface area contributed by atoms with Crippen LogP contribution in [0.25, 0.3) is 0 Å². The molecule has 0 fully saturated rings. The summed E-state index contributed by atoms with van der Waals surface area (Å²) >= 11 is 0. The Morgan fingerprint density at radius 1 is 0.875 bits per heavy atom. The van der Waals surface area contributed by atoms with Gasteiger partial charge < -0.3 is 9.84 Å². The second kappa shape index (κ2) is 13.0. The lowest BCUT2D eigenvalue weighted by atomic mass is 10.0. The van der Waals surface area contributed by atoms with Crippen LogP contribution in [0, 0.1) is 0 Å². The fraction of sp³-hybridized carbons (Fsp3) is 1.00. The second-order valence-corrected chi connectivity index (χ2v) is 4.63. The van der Waals surface area contributed by atoms with E-state index in [1.807, 2.05) is 0 Å². The second-order valence-electron chi connectivity index (χ2n) is 4.63. The van der Waals surface area contributed by atoms with Gasteiger partial charge >= 0.3 is 0 Å². The normalized spacial score (nSPS) is 12.9. The van der Waals surface area contributed by atoms with E-state index >= 15 is 0 Å². The molecule has 0 aliphatic rings. The summed E-state index contributed by atoms with van der Waals surface area (Å²) in [7, 11) is 1.74. The van der Waals surface area contributed by atoms with Crippen molar-refractivity contribution in [2.45, 2.75) is 77.2 Å². The minimum atomic E-state index is 0.246. The smallest absolute Gasteiger partial charge is 0.0593 e. The van der Waals surface area contributed by atoms with Gasteiger partial charge in [0.2, 0.25) is 0 Å². The van der Waals surface area contributed by atoms with Crippen molar-refractivity contribution in [1.82, 2.24) is 0 Å². The molecule has 2 heteroatoms.